The van der Waals surface area contributed by atoms with Gasteiger partial charge in [0.15, 0.2) is 0 Å². The monoisotopic (exact) mass is 359 g/mol. The number of carbonyl (C=O) groups excluding carboxylic acids is 1. The van der Waals surface area contributed by atoms with Gasteiger partial charge in [0, 0.05) is 37.6 Å². The molecule has 0 radical (unpaired) electrons. The summed E-state index contributed by atoms with van der Waals surface area (Å²) >= 11 is 0. The quantitative estimate of drug-likeness (QED) is 0.887. The Morgan fingerprint density at radius 1 is 1.04 bits per heavy atom. The van der Waals surface area contributed by atoms with E-state index in [9.17, 15) is 13.2 Å². The molecule has 0 atom stereocenters. The highest BCUT2D eigenvalue weighted by atomic mass is 32.2. The number of amides is 1. The Morgan fingerprint density at radius 3 is 2.44 bits per heavy atom. The molecule has 0 saturated carbocycles. The van der Waals surface area contributed by atoms with E-state index in [2.05, 4.69) is 10.3 Å². The van der Waals surface area contributed by atoms with Crippen molar-refractivity contribution in [1.82, 2.24) is 14.6 Å². The molecule has 1 fully saturated rings. The fourth-order valence-electron chi connectivity index (χ4n) is 2.93. The van der Waals surface area contributed by atoms with Crippen LogP contribution in [-0.4, -0.2) is 36.7 Å². The minimum atomic E-state index is -3.53. The third kappa shape index (κ3) is 4.05. The van der Waals surface area contributed by atoms with Gasteiger partial charge >= 0.3 is 0 Å². The maximum absolute atomic E-state index is 12.9. The highest BCUT2D eigenvalue weighted by Crippen LogP contribution is 2.23. The fourth-order valence-corrected chi connectivity index (χ4v) is 4.67. The van der Waals surface area contributed by atoms with Gasteiger partial charge in [-0.05, 0) is 36.6 Å². The van der Waals surface area contributed by atoms with Crippen molar-refractivity contribution in [3.63, 3.8) is 0 Å². The second kappa shape index (κ2) is 7.76. The summed E-state index contributed by atoms with van der Waals surface area (Å²) in [7, 11) is -3.53. The number of benzene rings is 1. The number of sulfonamides is 1. The van der Waals surface area contributed by atoms with Crippen molar-refractivity contribution in [3.05, 3.63) is 59.9 Å². The zero-order valence-corrected chi connectivity index (χ0v) is 14.7. The Morgan fingerprint density at radius 2 is 1.72 bits per heavy atom. The number of pyridine rings is 1. The van der Waals surface area contributed by atoms with Crippen molar-refractivity contribution in [3.8, 4) is 0 Å². The van der Waals surface area contributed by atoms with E-state index in [1.165, 1.54) is 0 Å². The summed E-state index contributed by atoms with van der Waals surface area (Å²) in [5, 5.41) is 2.78. The molecule has 1 amide bonds. The van der Waals surface area contributed by atoms with Crippen molar-refractivity contribution in [1.29, 1.82) is 0 Å². The first-order valence-electron chi connectivity index (χ1n) is 8.35. The molecule has 1 aromatic heterocycles. The van der Waals surface area contributed by atoms with Gasteiger partial charge in [-0.3, -0.25) is 9.78 Å². The van der Waals surface area contributed by atoms with Gasteiger partial charge in [-0.25, -0.2) is 8.42 Å². The Bertz CT molecular complexity index is 832. The van der Waals surface area contributed by atoms with Crippen LogP contribution in [0.5, 0.6) is 0 Å². The lowest BCUT2D eigenvalue weighted by atomic mass is 10.2. The van der Waals surface area contributed by atoms with Crippen molar-refractivity contribution >= 4 is 15.9 Å². The summed E-state index contributed by atoms with van der Waals surface area (Å²) in [6.45, 7) is 1.27. The Labute approximate surface area is 147 Å². The van der Waals surface area contributed by atoms with E-state index in [1.807, 2.05) is 0 Å². The molecule has 3 rings (SSSR count). The summed E-state index contributed by atoms with van der Waals surface area (Å²) in [6.07, 6.45) is 5.93. The highest BCUT2D eigenvalue weighted by molar-refractivity contribution is 7.89. The predicted molar refractivity (Wildman–Crippen MR) is 94.5 cm³/mol. The zero-order chi connectivity index (χ0) is 17.7. The Hall–Kier alpha value is -2.25. The van der Waals surface area contributed by atoms with Gasteiger partial charge in [0.05, 0.1) is 4.90 Å². The summed E-state index contributed by atoms with van der Waals surface area (Å²) in [5.74, 6) is -0.257. The van der Waals surface area contributed by atoms with Crippen LogP contribution in [-0.2, 0) is 16.6 Å². The van der Waals surface area contributed by atoms with E-state index < -0.39 is 10.0 Å². The van der Waals surface area contributed by atoms with Gasteiger partial charge in [-0.2, -0.15) is 4.31 Å². The predicted octanol–water partition coefficient (Wildman–Crippen LogP) is 2.19. The lowest BCUT2D eigenvalue weighted by Crippen LogP contribution is -2.36. The van der Waals surface area contributed by atoms with E-state index in [4.69, 9.17) is 0 Å². The number of piperidine rings is 1. The number of aromatic nitrogens is 1. The van der Waals surface area contributed by atoms with E-state index in [0.29, 0.717) is 24.2 Å². The van der Waals surface area contributed by atoms with Crippen LogP contribution in [0.2, 0.25) is 0 Å². The Kier molecular flexibility index (Phi) is 5.45. The van der Waals surface area contributed by atoms with Crippen LogP contribution >= 0.6 is 0 Å². The molecule has 132 valence electrons. The smallest absolute Gasteiger partial charge is 0.251 e. The second-order valence-corrected chi connectivity index (χ2v) is 7.90. The maximum Gasteiger partial charge on any atom is 0.251 e. The van der Waals surface area contributed by atoms with Gasteiger partial charge in [0.2, 0.25) is 10.0 Å². The normalized spacial score (nSPS) is 15.7. The largest absolute Gasteiger partial charge is 0.348 e. The van der Waals surface area contributed by atoms with E-state index in [-0.39, 0.29) is 17.3 Å². The number of hydrogen-bond donors (Lipinski definition) is 1. The summed E-state index contributed by atoms with van der Waals surface area (Å²) in [6, 6.07) is 10.1. The minimum absolute atomic E-state index is 0.157. The minimum Gasteiger partial charge on any atom is -0.348 e. The molecule has 2 heterocycles. The van der Waals surface area contributed by atoms with E-state index in [1.54, 1.807) is 53.1 Å². The van der Waals surface area contributed by atoms with Gasteiger partial charge in [-0.15, -0.1) is 0 Å². The van der Waals surface area contributed by atoms with E-state index in [0.717, 1.165) is 19.3 Å². The molecule has 7 heteroatoms. The first-order valence-corrected chi connectivity index (χ1v) is 9.79. The average molecular weight is 359 g/mol. The number of nitrogens with one attached hydrogen (secondary N) is 1. The fraction of sp³-hybridized carbons (Fsp3) is 0.333. The molecule has 1 aliphatic heterocycles. The average Bonchev–Trinajstić information content (AvgIpc) is 2.67. The van der Waals surface area contributed by atoms with Crippen LogP contribution in [0.15, 0.2) is 53.7 Å². The van der Waals surface area contributed by atoms with Crippen molar-refractivity contribution < 1.29 is 13.2 Å². The number of nitrogens with zero attached hydrogens (tertiary/aromatic N) is 2. The molecule has 0 aliphatic carbocycles. The van der Waals surface area contributed by atoms with Gasteiger partial charge in [0.1, 0.15) is 0 Å². The first kappa shape index (κ1) is 17.6. The molecule has 1 N–H and O–H groups in total. The molecule has 0 spiro atoms. The molecule has 6 nitrogen and oxygen atoms in total. The van der Waals surface area contributed by atoms with Crippen LogP contribution < -0.4 is 5.32 Å². The molecule has 1 aliphatic rings. The van der Waals surface area contributed by atoms with Crippen molar-refractivity contribution in [2.24, 2.45) is 0 Å². The van der Waals surface area contributed by atoms with Crippen molar-refractivity contribution in [2.75, 3.05) is 13.1 Å². The topological polar surface area (TPSA) is 79.4 Å². The van der Waals surface area contributed by atoms with Crippen molar-refractivity contribution in [2.45, 2.75) is 30.7 Å². The lowest BCUT2D eigenvalue weighted by Gasteiger charge is -2.26. The number of hydrogen-bond acceptors (Lipinski definition) is 4. The van der Waals surface area contributed by atoms with Crippen LogP contribution in [0.3, 0.4) is 0 Å². The second-order valence-electron chi connectivity index (χ2n) is 5.99. The van der Waals surface area contributed by atoms with Gasteiger partial charge < -0.3 is 5.32 Å². The van der Waals surface area contributed by atoms with Crippen LogP contribution in [0.1, 0.15) is 35.2 Å². The summed E-state index contributed by atoms with van der Waals surface area (Å²) < 4.78 is 27.4. The number of carbonyl (C=O) groups is 1. The first-order chi connectivity index (χ1) is 12.1. The third-order valence-corrected chi connectivity index (χ3v) is 6.29. The SMILES string of the molecule is O=C(NCc1ccccc1S(=O)(=O)N1CCCCC1)c1ccncc1. The zero-order valence-electron chi connectivity index (χ0n) is 13.9. The van der Waals surface area contributed by atoms with Gasteiger partial charge in [0.25, 0.3) is 5.91 Å². The molecule has 2 aromatic rings. The summed E-state index contributed by atoms with van der Waals surface area (Å²) in [5.41, 5.74) is 1.09. The molecule has 0 unspecified atom stereocenters. The molecule has 0 bridgehead atoms. The van der Waals surface area contributed by atoms with Crippen LogP contribution in [0.4, 0.5) is 0 Å². The Balaban J connectivity index is 1.78. The van der Waals surface area contributed by atoms with Gasteiger partial charge in [-0.1, -0.05) is 24.6 Å². The number of rotatable bonds is 5. The van der Waals surface area contributed by atoms with Crippen LogP contribution in [0.25, 0.3) is 0 Å². The molecule has 1 saturated heterocycles. The molecular formula is C18H21N3O3S. The lowest BCUT2D eigenvalue weighted by molar-refractivity contribution is 0.0950. The molecule has 1 aromatic carbocycles. The summed E-state index contributed by atoms with van der Waals surface area (Å²) in [4.78, 5) is 16.3. The highest BCUT2D eigenvalue weighted by Gasteiger charge is 2.27. The standard InChI is InChI=1S/C18H21N3O3S/c22-18(15-8-10-19-11-9-15)20-14-16-6-2-3-7-17(16)25(23,24)21-12-4-1-5-13-21/h2-3,6-11H,1,4-5,12-14H2,(H,20,22). The maximum atomic E-state index is 12.9. The molecule has 25 heavy (non-hydrogen) atoms. The van der Waals surface area contributed by atoms with Crippen LogP contribution in [0, 0.1) is 0 Å². The van der Waals surface area contributed by atoms with E-state index >= 15 is 0 Å². The molecular weight excluding hydrogens is 338 g/mol. The third-order valence-electron chi connectivity index (χ3n) is 4.29.